The summed E-state index contributed by atoms with van der Waals surface area (Å²) in [5.74, 6) is 0. The first-order valence-electron chi connectivity index (χ1n) is 6.27. The zero-order valence-corrected chi connectivity index (χ0v) is 12.5. The first kappa shape index (κ1) is 14.2. The molecule has 0 saturated carbocycles. The highest BCUT2D eigenvalue weighted by molar-refractivity contribution is 9.10. The van der Waals surface area contributed by atoms with E-state index in [1.54, 1.807) is 0 Å². The number of aryl methyl sites for hydroxylation is 1. The van der Waals surface area contributed by atoms with Crippen molar-refractivity contribution in [3.63, 3.8) is 0 Å². The van der Waals surface area contributed by atoms with Crippen molar-refractivity contribution < 1.29 is 0 Å². The van der Waals surface area contributed by atoms with Gasteiger partial charge >= 0.3 is 0 Å². The van der Waals surface area contributed by atoms with Crippen LogP contribution in [-0.4, -0.2) is 13.1 Å². The molecular weight excluding hydrogens is 282 g/mol. The Labute approximate surface area is 112 Å². The summed E-state index contributed by atoms with van der Waals surface area (Å²) >= 11 is 5.44. The van der Waals surface area contributed by atoms with Crippen LogP contribution in [0, 0.1) is 0 Å². The number of nitrogens with one attached hydrogen (secondary N) is 1. The van der Waals surface area contributed by atoms with Crippen molar-refractivity contribution in [2.75, 3.05) is 13.1 Å². The molecule has 1 nitrogen and oxygen atoms in total. The normalized spacial score (nSPS) is 10.9. The van der Waals surface area contributed by atoms with E-state index in [-0.39, 0.29) is 0 Å². The van der Waals surface area contributed by atoms with Gasteiger partial charge in [-0.15, -0.1) is 11.3 Å². The third-order valence-electron chi connectivity index (χ3n) is 2.63. The monoisotopic (exact) mass is 303 g/mol. The van der Waals surface area contributed by atoms with Gasteiger partial charge < -0.3 is 5.32 Å². The summed E-state index contributed by atoms with van der Waals surface area (Å²) < 4.78 is 1.29. The number of thiophene rings is 1. The van der Waals surface area contributed by atoms with E-state index in [0.717, 1.165) is 0 Å². The molecule has 0 aromatic carbocycles. The number of halogens is 1. The van der Waals surface area contributed by atoms with Gasteiger partial charge in [0.05, 0.1) is 0 Å². The number of hydrogen-bond donors (Lipinski definition) is 1. The highest BCUT2D eigenvalue weighted by Crippen LogP contribution is 2.24. The third kappa shape index (κ3) is 6.02. The number of hydrogen-bond acceptors (Lipinski definition) is 2. The lowest BCUT2D eigenvalue weighted by Crippen LogP contribution is -2.15. The van der Waals surface area contributed by atoms with E-state index in [9.17, 15) is 0 Å². The summed E-state index contributed by atoms with van der Waals surface area (Å²) in [6.45, 7) is 4.57. The topological polar surface area (TPSA) is 12.0 Å². The van der Waals surface area contributed by atoms with Crippen LogP contribution in [0.1, 0.15) is 43.9 Å². The van der Waals surface area contributed by atoms with E-state index in [1.165, 1.54) is 61.0 Å². The second-order valence-electron chi connectivity index (χ2n) is 4.11. The Hall–Kier alpha value is 0.140. The molecule has 1 aromatic rings. The van der Waals surface area contributed by atoms with Gasteiger partial charge in [-0.2, -0.15) is 0 Å². The lowest BCUT2D eigenvalue weighted by molar-refractivity contribution is 0.585. The maximum Gasteiger partial charge on any atom is 0.0314 e. The molecule has 0 saturated heterocycles. The smallest absolute Gasteiger partial charge is 0.0314 e. The van der Waals surface area contributed by atoms with Crippen molar-refractivity contribution in [1.29, 1.82) is 0 Å². The SMILES string of the molecule is CCCNCCCCCCc1sccc1Br. The molecule has 0 spiro atoms. The molecule has 1 aromatic heterocycles. The minimum Gasteiger partial charge on any atom is -0.317 e. The molecule has 0 amide bonds. The van der Waals surface area contributed by atoms with Crippen LogP contribution in [0.25, 0.3) is 0 Å². The molecule has 3 heteroatoms. The fraction of sp³-hybridized carbons (Fsp3) is 0.692. The minimum absolute atomic E-state index is 1.17. The van der Waals surface area contributed by atoms with Crippen LogP contribution in [0.5, 0.6) is 0 Å². The van der Waals surface area contributed by atoms with Gasteiger partial charge in [0.1, 0.15) is 0 Å². The highest BCUT2D eigenvalue weighted by Gasteiger charge is 2.00. The lowest BCUT2D eigenvalue weighted by Gasteiger charge is -2.03. The molecule has 0 unspecified atom stereocenters. The quantitative estimate of drug-likeness (QED) is 0.657. The van der Waals surface area contributed by atoms with Gasteiger partial charge in [-0.1, -0.05) is 19.8 Å². The summed E-state index contributed by atoms with van der Waals surface area (Å²) in [5.41, 5.74) is 0. The van der Waals surface area contributed by atoms with Gasteiger partial charge in [-0.25, -0.2) is 0 Å². The summed E-state index contributed by atoms with van der Waals surface area (Å²) in [6.07, 6.45) is 7.85. The summed E-state index contributed by atoms with van der Waals surface area (Å²) in [6, 6.07) is 2.15. The highest BCUT2D eigenvalue weighted by atomic mass is 79.9. The molecule has 0 bridgehead atoms. The Bertz CT molecular complexity index is 273. The Morgan fingerprint density at radius 1 is 1.19 bits per heavy atom. The standard InChI is InChI=1S/C13H22BrNS/c1-2-9-15-10-6-4-3-5-7-13-12(14)8-11-16-13/h8,11,15H,2-7,9-10H2,1H3. The molecule has 1 N–H and O–H groups in total. The van der Waals surface area contributed by atoms with E-state index in [1.807, 2.05) is 11.3 Å². The fourth-order valence-electron chi connectivity index (χ4n) is 1.69. The number of rotatable bonds is 9. The average molecular weight is 304 g/mol. The molecule has 0 fully saturated rings. The Balaban J connectivity index is 1.91. The van der Waals surface area contributed by atoms with Gasteiger partial charge in [-0.3, -0.25) is 0 Å². The third-order valence-corrected chi connectivity index (χ3v) is 4.61. The van der Waals surface area contributed by atoms with Crippen LogP contribution in [0.2, 0.25) is 0 Å². The van der Waals surface area contributed by atoms with Gasteiger partial charge in [0.25, 0.3) is 0 Å². The largest absolute Gasteiger partial charge is 0.317 e. The predicted molar refractivity (Wildman–Crippen MR) is 77.4 cm³/mol. The Morgan fingerprint density at radius 3 is 2.69 bits per heavy atom. The fourth-order valence-corrected chi connectivity index (χ4v) is 3.29. The molecule has 0 aliphatic heterocycles. The first-order chi connectivity index (χ1) is 7.84. The van der Waals surface area contributed by atoms with Crippen molar-refractivity contribution in [2.24, 2.45) is 0 Å². The Kier molecular flexibility index (Phi) is 8.17. The first-order valence-corrected chi connectivity index (χ1v) is 7.94. The van der Waals surface area contributed by atoms with E-state index < -0.39 is 0 Å². The summed E-state index contributed by atoms with van der Waals surface area (Å²) in [4.78, 5) is 1.50. The number of unbranched alkanes of at least 4 members (excludes halogenated alkanes) is 3. The molecule has 0 aliphatic rings. The van der Waals surface area contributed by atoms with Gasteiger partial charge in [-0.05, 0) is 66.1 Å². The molecule has 1 heterocycles. The van der Waals surface area contributed by atoms with Crippen LogP contribution < -0.4 is 5.32 Å². The molecule has 0 radical (unpaired) electrons. The maximum atomic E-state index is 3.58. The van der Waals surface area contributed by atoms with Crippen LogP contribution in [0.3, 0.4) is 0 Å². The zero-order valence-electron chi connectivity index (χ0n) is 10.1. The van der Waals surface area contributed by atoms with Crippen LogP contribution in [0.15, 0.2) is 15.9 Å². The van der Waals surface area contributed by atoms with E-state index in [4.69, 9.17) is 0 Å². The average Bonchev–Trinajstić information content (AvgIpc) is 2.68. The summed E-state index contributed by atoms with van der Waals surface area (Å²) in [5, 5.41) is 5.60. The van der Waals surface area contributed by atoms with Crippen molar-refractivity contribution >= 4 is 27.3 Å². The molecule has 0 atom stereocenters. The van der Waals surface area contributed by atoms with Gasteiger partial charge in [0.15, 0.2) is 0 Å². The van der Waals surface area contributed by atoms with Crippen LogP contribution >= 0.6 is 27.3 Å². The van der Waals surface area contributed by atoms with E-state index in [0.29, 0.717) is 0 Å². The predicted octanol–water partition coefficient (Wildman–Crippen LogP) is 4.61. The minimum atomic E-state index is 1.17. The Morgan fingerprint density at radius 2 is 2.00 bits per heavy atom. The van der Waals surface area contributed by atoms with Gasteiger partial charge in [0.2, 0.25) is 0 Å². The maximum absolute atomic E-state index is 3.58. The second-order valence-corrected chi connectivity index (χ2v) is 5.96. The zero-order chi connectivity index (χ0) is 11.6. The molecular formula is C13H22BrNS. The molecule has 16 heavy (non-hydrogen) atoms. The summed E-state index contributed by atoms with van der Waals surface area (Å²) in [7, 11) is 0. The van der Waals surface area contributed by atoms with Crippen molar-refractivity contribution in [2.45, 2.75) is 45.4 Å². The van der Waals surface area contributed by atoms with Crippen molar-refractivity contribution in [3.05, 3.63) is 20.8 Å². The molecule has 92 valence electrons. The van der Waals surface area contributed by atoms with E-state index >= 15 is 0 Å². The molecule has 0 aliphatic carbocycles. The van der Waals surface area contributed by atoms with Crippen LogP contribution in [0.4, 0.5) is 0 Å². The van der Waals surface area contributed by atoms with Gasteiger partial charge in [0, 0.05) is 9.35 Å². The molecule has 1 rings (SSSR count). The van der Waals surface area contributed by atoms with Crippen LogP contribution in [-0.2, 0) is 6.42 Å². The lowest BCUT2D eigenvalue weighted by atomic mass is 10.1. The van der Waals surface area contributed by atoms with Crippen molar-refractivity contribution in [3.8, 4) is 0 Å². The van der Waals surface area contributed by atoms with Crippen molar-refractivity contribution in [1.82, 2.24) is 5.32 Å². The van der Waals surface area contributed by atoms with E-state index in [2.05, 4.69) is 39.6 Å². The second kappa shape index (κ2) is 9.20.